The third-order valence-corrected chi connectivity index (χ3v) is 4.83. The number of fused-ring (bicyclic) bond motifs is 1. The minimum Gasteiger partial charge on any atom is -0.357 e. The molecule has 0 unspecified atom stereocenters. The van der Waals surface area contributed by atoms with Gasteiger partial charge >= 0.3 is 0 Å². The van der Waals surface area contributed by atoms with E-state index in [9.17, 15) is 4.79 Å². The minimum absolute atomic E-state index is 0.0376. The summed E-state index contributed by atoms with van der Waals surface area (Å²) in [4.78, 5) is 14.4. The first-order valence-electron chi connectivity index (χ1n) is 6.61. The van der Waals surface area contributed by atoms with Crippen molar-refractivity contribution in [1.82, 2.24) is 0 Å². The smallest absolute Gasteiger partial charge is 0.201 e. The van der Waals surface area contributed by atoms with E-state index >= 15 is 0 Å². The van der Waals surface area contributed by atoms with Crippen molar-refractivity contribution in [3.05, 3.63) is 69.2 Å². The van der Waals surface area contributed by atoms with Crippen molar-refractivity contribution < 1.29 is 4.79 Å². The molecule has 2 nitrogen and oxygen atoms in total. The molecule has 106 valence electrons. The summed E-state index contributed by atoms with van der Waals surface area (Å²) in [5.74, 6) is 0.0376. The third-order valence-electron chi connectivity index (χ3n) is 3.34. The second-order valence-corrected chi connectivity index (χ2v) is 6.51. The molecular weight excluding hydrogens is 302 g/mol. The van der Waals surface area contributed by atoms with Crippen LogP contribution in [0.3, 0.4) is 0 Å². The van der Waals surface area contributed by atoms with Gasteiger partial charge in [-0.15, -0.1) is 0 Å². The van der Waals surface area contributed by atoms with Crippen LogP contribution >= 0.6 is 23.4 Å². The Hall–Kier alpha value is -1.71. The molecule has 1 N–H and O–H groups in total. The summed E-state index contributed by atoms with van der Waals surface area (Å²) in [6, 6.07) is 13.3. The number of benzene rings is 2. The molecule has 0 amide bonds. The maximum absolute atomic E-state index is 12.7. The predicted octanol–water partition coefficient (Wildman–Crippen LogP) is 5.28. The van der Waals surface area contributed by atoms with Gasteiger partial charge in [0.15, 0.2) is 0 Å². The average molecular weight is 316 g/mol. The second kappa shape index (κ2) is 5.58. The molecule has 0 atom stereocenters. The van der Waals surface area contributed by atoms with Gasteiger partial charge in [-0.1, -0.05) is 53.2 Å². The van der Waals surface area contributed by atoms with Gasteiger partial charge in [-0.2, -0.15) is 0 Å². The van der Waals surface area contributed by atoms with E-state index in [1.54, 1.807) is 0 Å². The highest BCUT2D eigenvalue weighted by molar-refractivity contribution is 8.04. The minimum atomic E-state index is 0.0376. The number of anilines is 1. The maximum Gasteiger partial charge on any atom is 0.201 e. The van der Waals surface area contributed by atoms with E-state index in [0.717, 1.165) is 21.8 Å². The van der Waals surface area contributed by atoms with Gasteiger partial charge in [0.2, 0.25) is 5.78 Å². The molecule has 3 rings (SSSR count). The van der Waals surface area contributed by atoms with E-state index in [1.807, 2.05) is 56.3 Å². The van der Waals surface area contributed by atoms with Gasteiger partial charge in [0, 0.05) is 21.2 Å². The number of halogens is 1. The Balaban J connectivity index is 1.95. The number of hydrogen-bond acceptors (Lipinski definition) is 3. The highest BCUT2D eigenvalue weighted by atomic mass is 35.5. The first-order chi connectivity index (χ1) is 10.0. The number of carbonyl (C=O) groups excluding carboxylic acids is 1. The van der Waals surface area contributed by atoms with Gasteiger partial charge in [0.05, 0.1) is 10.6 Å². The molecule has 0 bridgehead atoms. The van der Waals surface area contributed by atoms with Crippen molar-refractivity contribution in [2.75, 3.05) is 5.32 Å². The van der Waals surface area contributed by atoms with E-state index < -0.39 is 0 Å². The summed E-state index contributed by atoms with van der Waals surface area (Å²) < 4.78 is 0. The lowest BCUT2D eigenvalue weighted by Gasteiger charge is -2.21. The number of allylic oxidation sites excluding steroid dienone is 2. The molecule has 0 fully saturated rings. The number of ketones is 1. The second-order valence-electron chi connectivity index (χ2n) is 5.02. The van der Waals surface area contributed by atoms with E-state index in [4.69, 9.17) is 11.6 Å². The van der Waals surface area contributed by atoms with Crippen LogP contribution in [0.15, 0.2) is 58.0 Å². The molecule has 0 saturated carbocycles. The number of Topliss-reactive ketones (excluding diaryl/α,β-unsaturated/α-hetero) is 1. The number of carbonyl (C=O) groups is 1. The van der Waals surface area contributed by atoms with Crippen LogP contribution in [0, 0.1) is 6.92 Å². The molecule has 1 aliphatic heterocycles. The highest BCUT2D eigenvalue weighted by Gasteiger charge is 2.22. The number of rotatable bonds is 2. The van der Waals surface area contributed by atoms with Crippen LogP contribution in [0.25, 0.3) is 0 Å². The monoisotopic (exact) mass is 315 g/mol. The quantitative estimate of drug-likeness (QED) is 0.764. The fraction of sp³-hybridized carbons (Fsp3) is 0.118. The zero-order valence-electron chi connectivity index (χ0n) is 11.7. The summed E-state index contributed by atoms with van der Waals surface area (Å²) in [6.45, 7) is 3.93. The largest absolute Gasteiger partial charge is 0.357 e. The predicted molar refractivity (Wildman–Crippen MR) is 89.1 cm³/mol. The molecule has 0 spiro atoms. The Morgan fingerprint density at radius 2 is 1.81 bits per heavy atom. The zero-order valence-corrected chi connectivity index (χ0v) is 13.3. The molecule has 0 aliphatic carbocycles. The molecule has 4 heteroatoms. The number of hydrogen-bond donors (Lipinski definition) is 1. The van der Waals surface area contributed by atoms with Crippen LogP contribution in [-0.4, -0.2) is 5.78 Å². The van der Waals surface area contributed by atoms with E-state index in [-0.39, 0.29) is 5.78 Å². The molecule has 2 aromatic rings. The molecule has 1 heterocycles. The van der Waals surface area contributed by atoms with Gasteiger partial charge in [-0.25, -0.2) is 0 Å². The van der Waals surface area contributed by atoms with Crippen LogP contribution in [0.2, 0.25) is 5.02 Å². The summed E-state index contributed by atoms with van der Waals surface area (Å²) in [5, 5.41) is 3.95. The summed E-state index contributed by atoms with van der Waals surface area (Å²) in [7, 11) is 0. The van der Waals surface area contributed by atoms with Crippen LogP contribution in [0.5, 0.6) is 0 Å². The number of thioether (sulfide) groups is 1. The maximum atomic E-state index is 12.7. The molecule has 1 aliphatic rings. The van der Waals surface area contributed by atoms with E-state index in [2.05, 4.69) is 5.32 Å². The van der Waals surface area contributed by atoms with Crippen molar-refractivity contribution in [2.45, 2.75) is 18.7 Å². The molecule has 0 radical (unpaired) electrons. The zero-order chi connectivity index (χ0) is 15.0. The lowest BCUT2D eigenvalue weighted by atomic mass is 10.1. The van der Waals surface area contributed by atoms with Crippen molar-refractivity contribution in [3.8, 4) is 0 Å². The molecule has 0 aromatic heterocycles. The van der Waals surface area contributed by atoms with Crippen molar-refractivity contribution in [2.24, 2.45) is 0 Å². The fourth-order valence-corrected chi connectivity index (χ4v) is 3.47. The number of aryl methyl sites for hydroxylation is 1. The molecule has 2 aromatic carbocycles. The Labute approximate surface area is 133 Å². The molecule has 21 heavy (non-hydrogen) atoms. The number of nitrogens with one attached hydrogen (secondary N) is 1. The Bertz CT molecular complexity index is 750. The van der Waals surface area contributed by atoms with Gasteiger partial charge in [0.1, 0.15) is 0 Å². The lowest BCUT2D eigenvalue weighted by molar-refractivity contribution is 0.104. The Morgan fingerprint density at radius 1 is 1.10 bits per heavy atom. The Morgan fingerprint density at radius 3 is 2.52 bits per heavy atom. The third kappa shape index (κ3) is 2.85. The van der Waals surface area contributed by atoms with E-state index in [0.29, 0.717) is 15.5 Å². The van der Waals surface area contributed by atoms with Crippen LogP contribution in [-0.2, 0) is 0 Å². The summed E-state index contributed by atoms with van der Waals surface area (Å²) in [5.41, 5.74) is 3.71. The van der Waals surface area contributed by atoms with Crippen LogP contribution < -0.4 is 5.32 Å². The van der Waals surface area contributed by atoms with Gasteiger partial charge < -0.3 is 5.32 Å². The van der Waals surface area contributed by atoms with Crippen molar-refractivity contribution in [3.63, 3.8) is 0 Å². The Kier molecular flexibility index (Phi) is 3.79. The standard InChI is InChI=1S/C17H14ClNOS/c1-10-3-5-12(6-4-10)16(20)17-11(2)19-14-8-7-13(18)9-15(14)21-17/h3-9,19H,1-2H3. The highest BCUT2D eigenvalue weighted by Crippen LogP contribution is 2.41. The summed E-state index contributed by atoms with van der Waals surface area (Å²) >= 11 is 7.50. The van der Waals surface area contributed by atoms with Gasteiger partial charge in [-0.05, 0) is 32.0 Å². The fourth-order valence-electron chi connectivity index (χ4n) is 2.18. The van der Waals surface area contributed by atoms with Crippen molar-refractivity contribution in [1.29, 1.82) is 0 Å². The van der Waals surface area contributed by atoms with Crippen molar-refractivity contribution >= 4 is 34.8 Å². The van der Waals surface area contributed by atoms with Gasteiger partial charge in [0.25, 0.3) is 0 Å². The lowest BCUT2D eigenvalue weighted by Crippen LogP contribution is -2.12. The average Bonchev–Trinajstić information content (AvgIpc) is 2.47. The topological polar surface area (TPSA) is 29.1 Å². The van der Waals surface area contributed by atoms with Crippen LogP contribution in [0.4, 0.5) is 5.69 Å². The summed E-state index contributed by atoms with van der Waals surface area (Å²) in [6.07, 6.45) is 0. The van der Waals surface area contributed by atoms with Gasteiger partial charge in [-0.3, -0.25) is 4.79 Å². The first-order valence-corrected chi connectivity index (χ1v) is 7.81. The first kappa shape index (κ1) is 14.2. The molecular formula is C17H14ClNOS. The SMILES string of the molecule is CC1=C(C(=O)c2ccc(C)cc2)Sc2cc(Cl)ccc2N1. The molecule has 0 saturated heterocycles. The normalized spacial score (nSPS) is 13.7. The van der Waals surface area contributed by atoms with Crippen LogP contribution in [0.1, 0.15) is 22.8 Å². The van der Waals surface area contributed by atoms with E-state index in [1.165, 1.54) is 11.8 Å².